The van der Waals surface area contributed by atoms with Crippen LogP contribution in [0.3, 0.4) is 0 Å². The van der Waals surface area contributed by atoms with Crippen LogP contribution in [0.4, 0.5) is 0 Å². The van der Waals surface area contributed by atoms with Crippen LogP contribution in [0.5, 0.6) is 0 Å². The summed E-state index contributed by atoms with van der Waals surface area (Å²) in [4.78, 5) is 0. The van der Waals surface area contributed by atoms with Gasteiger partial charge in [0.2, 0.25) is 0 Å². The minimum absolute atomic E-state index is 0.0441. The predicted molar refractivity (Wildman–Crippen MR) is 33.8 cm³/mol. The Labute approximate surface area is 41.9 Å². The first-order valence-electron chi connectivity index (χ1n) is 0.816. The Bertz CT molecular complexity index is 52.2. The molecule has 0 aromatic rings. The van der Waals surface area contributed by atoms with Crippen molar-refractivity contribution in [3.8, 4) is 0 Å². The third kappa shape index (κ3) is 9.82. The van der Waals surface area contributed by atoms with Gasteiger partial charge in [-0.25, -0.2) is 0 Å². The molecule has 0 radical (unpaired) electrons. The summed E-state index contributed by atoms with van der Waals surface area (Å²) in [6.45, 7) is 2.08. The van der Waals surface area contributed by atoms with Crippen LogP contribution in [0.1, 0.15) is 0 Å². The van der Waals surface area contributed by atoms with E-state index in [2.05, 4.69) is 37.0 Å². The topological polar surface area (TPSA) is 0 Å². The molecule has 0 N–H and O–H groups in total. The molecule has 0 heterocycles. The van der Waals surface area contributed by atoms with E-state index in [1.54, 1.807) is 0 Å². The third-order valence-electron chi connectivity index (χ3n) is 0. The number of halogens is 1. The van der Waals surface area contributed by atoms with Crippen molar-refractivity contribution >= 4 is 35.0 Å². The molecule has 0 aliphatic heterocycles. The van der Waals surface area contributed by atoms with Crippen molar-refractivity contribution in [2.45, 2.75) is 0 Å². The Kier molecular flexibility index (Phi) is 3.66. The molecule has 0 aliphatic carbocycles. The van der Waals surface area contributed by atoms with E-state index < -0.39 is 0 Å². The molecular formula is CH3IP2. The second-order valence-electron chi connectivity index (χ2n) is 0.445. The zero-order valence-electron chi connectivity index (χ0n) is 2.27. The average Bonchev–Trinajstić information content (AvgIpc) is 0.811. The maximum absolute atomic E-state index is 4.02. The summed E-state index contributed by atoms with van der Waals surface area (Å²) in [6.07, 6.45) is 0. The van der Waals surface area contributed by atoms with E-state index in [0.717, 1.165) is 0 Å². The van der Waals surface area contributed by atoms with E-state index in [0.29, 0.717) is 0 Å². The van der Waals surface area contributed by atoms with Crippen molar-refractivity contribution < 1.29 is 0 Å². The van der Waals surface area contributed by atoms with Gasteiger partial charge in [-0.05, 0) is 0 Å². The van der Waals surface area contributed by atoms with Crippen LogP contribution >= 0.6 is 35.0 Å². The predicted octanol–water partition coefficient (Wildman–Crippen LogP) is 2.77. The number of rotatable bonds is 0. The van der Waals surface area contributed by atoms with Gasteiger partial charge >= 0.3 is 41.7 Å². The van der Waals surface area contributed by atoms with Gasteiger partial charge in [-0.15, -0.1) is 0 Å². The molecule has 0 fully saturated rings. The summed E-state index contributed by atoms with van der Waals surface area (Å²) < 4.78 is 0.0441. The molecule has 3 heteroatoms. The molecule has 0 saturated heterocycles. The normalized spacial score (nSPS) is 10.8. The van der Waals surface area contributed by atoms with E-state index in [1.165, 1.54) is 0 Å². The molecule has 1 atom stereocenters. The second kappa shape index (κ2) is 2.68. The second-order valence-corrected chi connectivity index (χ2v) is 9.77. The van der Waals surface area contributed by atoms with Gasteiger partial charge in [0, 0.05) is 0 Å². The van der Waals surface area contributed by atoms with Crippen molar-refractivity contribution in [2.24, 2.45) is 0 Å². The van der Waals surface area contributed by atoms with Crippen LogP contribution in [0, 0.1) is 0 Å². The summed E-state index contributed by atoms with van der Waals surface area (Å²) in [7, 11) is 4.02. The molecule has 0 amide bonds. The first-order valence-corrected chi connectivity index (χ1v) is 6.54. The fourth-order valence-corrected chi connectivity index (χ4v) is 0. The average molecular weight is 204 g/mol. The van der Waals surface area contributed by atoms with Crippen molar-refractivity contribution in [3.63, 3.8) is 0 Å². The molecule has 0 aromatic carbocycles. The van der Waals surface area contributed by atoms with Gasteiger partial charge in [0.25, 0.3) is 0 Å². The minimum atomic E-state index is 0.0441. The summed E-state index contributed by atoms with van der Waals surface area (Å²) >= 11 is 2.27. The summed E-state index contributed by atoms with van der Waals surface area (Å²) in [6, 6.07) is 0. The van der Waals surface area contributed by atoms with E-state index >= 15 is 0 Å². The van der Waals surface area contributed by atoms with Gasteiger partial charge in [0.05, 0.1) is 0 Å². The Hall–Kier alpha value is 1.46. The molecule has 0 bridgehead atoms. The van der Waals surface area contributed by atoms with E-state index in [9.17, 15) is 0 Å². The maximum atomic E-state index is 4.02. The molecule has 0 rings (SSSR count). The van der Waals surface area contributed by atoms with Crippen LogP contribution in [0.25, 0.3) is 0 Å². The monoisotopic (exact) mass is 204 g/mol. The Balaban J connectivity index is 3.02. The fraction of sp³-hybridized carbons (Fsp3) is 1.00. The molecule has 1 unspecified atom stereocenters. The zero-order chi connectivity index (χ0) is 3.58. The summed E-state index contributed by atoms with van der Waals surface area (Å²) in [5.74, 6) is 0. The van der Waals surface area contributed by atoms with E-state index in [-0.39, 0.29) is 4.67 Å². The number of hydrogen-bond donors (Lipinski definition) is 0. The van der Waals surface area contributed by atoms with Crippen molar-refractivity contribution in [2.75, 3.05) is 6.66 Å². The van der Waals surface area contributed by atoms with Crippen molar-refractivity contribution in [1.29, 1.82) is 0 Å². The van der Waals surface area contributed by atoms with Gasteiger partial charge < -0.3 is 0 Å². The zero-order valence-corrected chi connectivity index (χ0v) is 6.22. The molecule has 4 heavy (non-hydrogen) atoms. The van der Waals surface area contributed by atoms with E-state index in [1.807, 2.05) is 0 Å². The quantitative estimate of drug-likeness (QED) is 0.420. The summed E-state index contributed by atoms with van der Waals surface area (Å²) in [5, 5.41) is 0. The fourth-order valence-electron chi connectivity index (χ4n) is 0. The van der Waals surface area contributed by atoms with Crippen LogP contribution in [-0.4, -0.2) is 6.66 Å². The van der Waals surface area contributed by atoms with Crippen LogP contribution in [-0.2, 0) is 0 Å². The molecule has 0 saturated carbocycles. The SMILES string of the molecule is CP(#P)I. The molecule has 24 valence electrons. The first kappa shape index (κ1) is 5.46. The van der Waals surface area contributed by atoms with Crippen LogP contribution in [0.2, 0.25) is 0 Å². The summed E-state index contributed by atoms with van der Waals surface area (Å²) in [5.41, 5.74) is 0. The Morgan fingerprint density at radius 1 is 2.00 bits per heavy atom. The first-order chi connectivity index (χ1) is 1.73. The van der Waals surface area contributed by atoms with Gasteiger partial charge in [0.1, 0.15) is 0 Å². The van der Waals surface area contributed by atoms with Gasteiger partial charge in [-0.1, -0.05) is 0 Å². The third-order valence-corrected chi connectivity index (χ3v) is 0. The van der Waals surface area contributed by atoms with E-state index in [4.69, 9.17) is 0 Å². The van der Waals surface area contributed by atoms with Crippen LogP contribution < -0.4 is 0 Å². The van der Waals surface area contributed by atoms with Gasteiger partial charge in [-0.2, -0.15) is 0 Å². The molecule has 0 nitrogen and oxygen atoms in total. The van der Waals surface area contributed by atoms with Crippen LogP contribution in [0.15, 0.2) is 0 Å². The standard InChI is InChI=1S/CH3IP2/c1-4(2)3/h1H3. The number of hydrogen-bond acceptors (Lipinski definition) is 0. The molecular weight excluding hydrogens is 201 g/mol. The van der Waals surface area contributed by atoms with Gasteiger partial charge in [-0.3, -0.25) is 0 Å². The van der Waals surface area contributed by atoms with Crippen molar-refractivity contribution in [3.05, 3.63) is 0 Å². The van der Waals surface area contributed by atoms with Gasteiger partial charge in [0.15, 0.2) is 0 Å². The molecule has 0 aliphatic rings. The molecule has 0 aromatic heterocycles. The molecule has 0 spiro atoms. The Morgan fingerprint density at radius 2 is 2.00 bits per heavy atom. The Morgan fingerprint density at radius 3 is 2.00 bits per heavy atom. The van der Waals surface area contributed by atoms with Crippen molar-refractivity contribution in [1.82, 2.24) is 0 Å².